The van der Waals surface area contributed by atoms with Gasteiger partial charge >= 0.3 is 0 Å². The maximum atomic E-state index is 12.6. The van der Waals surface area contributed by atoms with Crippen molar-refractivity contribution in [3.05, 3.63) is 59.2 Å². The Bertz CT molecular complexity index is 899. The second-order valence-corrected chi connectivity index (χ2v) is 8.82. The van der Waals surface area contributed by atoms with Crippen LogP contribution in [0, 0.1) is 0 Å². The minimum Gasteiger partial charge on any atom is -0.488 e. The summed E-state index contributed by atoms with van der Waals surface area (Å²) in [4.78, 5) is 26.0. The van der Waals surface area contributed by atoms with Crippen LogP contribution in [-0.4, -0.2) is 40.8 Å². The van der Waals surface area contributed by atoms with Gasteiger partial charge in [-0.2, -0.15) is 0 Å². The van der Waals surface area contributed by atoms with E-state index in [0.29, 0.717) is 29.2 Å². The van der Waals surface area contributed by atoms with Crippen molar-refractivity contribution in [2.24, 2.45) is 0 Å². The van der Waals surface area contributed by atoms with Crippen LogP contribution in [0.15, 0.2) is 42.5 Å². The molecular formula is C22H22ClNO4. The fourth-order valence-corrected chi connectivity index (χ4v) is 3.59. The van der Waals surface area contributed by atoms with Gasteiger partial charge in [-0.05, 0) is 50.5 Å². The lowest BCUT2D eigenvalue weighted by atomic mass is 10.0. The number of alkyl halides is 1. The number of amides is 2. The third-order valence-electron chi connectivity index (χ3n) is 4.92. The average molecular weight is 400 g/mol. The summed E-state index contributed by atoms with van der Waals surface area (Å²) in [5.74, 6) is 0.793. The van der Waals surface area contributed by atoms with Gasteiger partial charge in [0.15, 0.2) is 11.5 Å². The highest BCUT2D eigenvalue weighted by Crippen LogP contribution is 2.38. The molecule has 0 radical (unpaired) electrons. The fraction of sp³-hybridized carbons (Fsp3) is 0.364. The highest BCUT2D eigenvalue weighted by Gasteiger charge is 2.37. The number of hydrogen-bond donors (Lipinski definition) is 0. The number of hydrogen-bond acceptors (Lipinski definition) is 4. The molecule has 2 amide bonds. The number of rotatable bonds is 5. The van der Waals surface area contributed by atoms with E-state index in [2.05, 4.69) is 0 Å². The molecular weight excluding hydrogens is 378 g/mol. The number of para-hydroxylation sites is 1. The van der Waals surface area contributed by atoms with Crippen molar-refractivity contribution in [3.8, 4) is 11.5 Å². The zero-order valence-corrected chi connectivity index (χ0v) is 16.7. The molecule has 0 spiro atoms. The first-order valence-electron chi connectivity index (χ1n) is 9.39. The third-order valence-corrected chi connectivity index (χ3v) is 5.03. The maximum absolute atomic E-state index is 12.6. The van der Waals surface area contributed by atoms with Gasteiger partial charge in [0.05, 0.1) is 22.5 Å². The zero-order chi connectivity index (χ0) is 19.9. The van der Waals surface area contributed by atoms with Crippen LogP contribution in [0.5, 0.6) is 11.5 Å². The van der Waals surface area contributed by atoms with E-state index >= 15 is 0 Å². The Kier molecular flexibility index (Phi) is 4.79. The number of halogens is 1. The molecule has 0 N–H and O–H groups in total. The van der Waals surface area contributed by atoms with E-state index in [1.54, 1.807) is 24.3 Å². The van der Waals surface area contributed by atoms with Crippen LogP contribution in [0.2, 0.25) is 0 Å². The lowest BCUT2D eigenvalue weighted by Crippen LogP contribution is -2.40. The molecule has 0 bridgehead atoms. The van der Waals surface area contributed by atoms with E-state index in [4.69, 9.17) is 21.1 Å². The van der Waals surface area contributed by atoms with E-state index in [9.17, 15) is 9.59 Å². The monoisotopic (exact) mass is 399 g/mol. The number of benzene rings is 2. The smallest absolute Gasteiger partial charge is 0.261 e. The summed E-state index contributed by atoms with van der Waals surface area (Å²) in [7, 11) is 0. The van der Waals surface area contributed by atoms with Crippen molar-refractivity contribution < 1.29 is 19.1 Å². The lowest BCUT2D eigenvalue weighted by molar-refractivity contribution is 0.0546. The van der Waals surface area contributed by atoms with Crippen LogP contribution in [0.3, 0.4) is 0 Å². The van der Waals surface area contributed by atoms with Gasteiger partial charge in [-0.15, -0.1) is 11.6 Å². The first-order valence-corrected chi connectivity index (χ1v) is 9.77. The van der Waals surface area contributed by atoms with Crippen molar-refractivity contribution in [1.29, 1.82) is 0 Å². The van der Waals surface area contributed by atoms with Gasteiger partial charge in [0, 0.05) is 0 Å². The first-order chi connectivity index (χ1) is 13.3. The molecule has 28 heavy (non-hydrogen) atoms. The molecule has 4 rings (SSSR count). The van der Waals surface area contributed by atoms with Gasteiger partial charge in [-0.3, -0.25) is 14.5 Å². The van der Waals surface area contributed by atoms with Gasteiger partial charge in [-0.1, -0.05) is 24.3 Å². The molecule has 0 saturated carbocycles. The largest absolute Gasteiger partial charge is 0.488 e. The van der Waals surface area contributed by atoms with Crippen molar-refractivity contribution in [3.63, 3.8) is 0 Å². The van der Waals surface area contributed by atoms with Crippen LogP contribution < -0.4 is 9.47 Å². The Balaban J connectivity index is 1.50. The van der Waals surface area contributed by atoms with Crippen molar-refractivity contribution in [1.82, 2.24) is 4.90 Å². The SMILES string of the molecule is CC(C)(Cl)COc1cccc2c1OC(CN1C(=O)c3ccccc3C1=O)CC2. The molecule has 2 heterocycles. The number of carbonyl (C=O) groups excluding carboxylic acids is 2. The number of nitrogens with zero attached hydrogens (tertiary/aromatic N) is 1. The summed E-state index contributed by atoms with van der Waals surface area (Å²) >= 11 is 6.24. The maximum Gasteiger partial charge on any atom is 0.261 e. The van der Waals surface area contributed by atoms with Crippen molar-refractivity contribution >= 4 is 23.4 Å². The van der Waals surface area contributed by atoms with E-state index < -0.39 is 4.87 Å². The normalized spacial score (nSPS) is 18.5. The molecule has 1 atom stereocenters. The second kappa shape index (κ2) is 7.13. The van der Waals surface area contributed by atoms with Crippen molar-refractivity contribution in [2.75, 3.05) is 13.2 Å². The highest BCUT2D eigenvalue weighted by molar-refractivity contribution is 6.23. The van der Waals surface area contributed by atoms with Gasteiger partial charge in [0.25, 0.3) is 11.8 Å². The highest BCUT2D eigenvalue weighted by atomic mass is 35.5. The molecule has 2 aromatic rings. The van der Waals surface area contributed by atoms with Gasteiger partial charge < -0.3 is 9.47 Å². The minimum absolute atomic E-state index is 0.223. The number of aryl methyl sites for hydroxylation is 1. The van der Waals surface area contributed by atoms with Crippen LogP contribution in [0.4, 0.5) is 0 Å². The molecule has 5 nitrogen and oxygen atoms in total. The van der Waals surface area contributed by atoms with E-state index in [-0.39, 0.29) is 24.5 Å². The van der Waals surface area contributed by atoms with Crippen molar-refractivity contribution in [2.45, 2.75) is 37.7 Å². The quantitative estimate of drug-likeness (QED) is 0.561. The Hall–Kier alpha value is -2.53. The van der Waals surface area contributed by atoms with E-state index in [1.807, 2.05) is 32.0 Å². The summed E-state index contributed by atoms with van der Waals surface area (Å²) in [6.07, 6.45) is 1.25. The topological polar surface area (TPSA) is 55.8 Å². The summed E-state index contributed by atoms with van der Waals surface area (Å²) in [6, 6.07) is 12.7. The number of imide groups is 1. The van der Waals surface area contributed by atoms with Crippen LogP contribution >= 0.6 is 11.6 Å². The van der Waals surface area contributed by atoms with Gasteiger partial charge in [0.2, 0.25) is 0 Å². The van der Waals surface area contributed by atoms with Gasteiger partial charge in [-0.25, -0.2) is 0 Å². The fourth-order valence-electron chi connectivity index (χ4n) is 3.53. The van der Waals surface area contributed by atoms with E-state index in [0.717, 1.165) is 18.4 Å². The average Bonchev–Trinajstić information content (AvgIpc) is 2.91. The number of ether oxygens (including phenoxy) is 2. The Morgan fingerprint density at radius 2 is 1.79 bits per heavy atom. The molecule has 2 aromatic carbocycles. The first kappa shape index (κ1) is 18.8. The summed E-state index contributed by atoms with van der Waals surface area (Å²) in [6.45, 7) is 4.34. The number of carbonyl (C=O) groups is 2. The molecule has 2 aliphatic rings. The summed E-state index contributed by atoms with van der Waals surface area (Å²) in [5, 5.41) is 0. The zero-order valence-electron chi connectivity index (χ0n) is 15.9. The van der Waals surface area contributed by atoms with Crippen LogP contribution in [-0.2, 0) is 6.42 Å². The molecule has 0 saturated heterocycles. The molecule has 146 valence electrons. The Labute approximate surface area is 169 Å². The molecule has 0 aromatic heterocycles. The van der Waals surface area contributed by atoms with Crippen LogP contribution in [0.1, 0.15) is 46.5 Å². The Morgan fingerprint density at radius 1 is 1.11 bits per heavy atom. The standard InChI is InChI=1S/C22H22ClNO4/c1-22(2,23)13-27-18-9-5-6-14-10-11-15(28-19(14)18)12-24-20(25)16-7-3-4-8-17(16)21(24)26/h3-9,15H,10-13H2,1-2H3. The predicted octanol–water partition coefficient (Wildman–Crippen LogP) is 4.07. The summed E-state index contributed by atoms with van der Waals surface area (Å²) in [5.41, 5.74) is 1.97. The third kappa shape index (κ3) is 3.59. The molecule has 2 aliphatic heterocycles. The molecule has 6 heteroatoms. The predicted molar refractivity (Wildman–Crippen MR) is 106 cm³/mol. The Morgan fingerprint density at radius 3 is 2.43 bits per heavy atom. The molecule has 1 unspecified atom stereocenters. The van der Waals surface area contributed by atoms with Crippen LogP contribution in [0.25, 0.3) is 0 Å². The molecule has 0 fully saturated rings. The lowest BCUT2D eigenvalue weighted by Gasteiger charge is -2.30. The number of fused-ring (bicyclic) bond motifs is 2. The van der Waals surface area contributed by atoms with E-state index in [1.165, 1.54) is 4.90 Å². The summed E-state index contributed by atoms with van der Waals surface area (Å²) < 4.78 is 12.0. The minimum atomic E-state index is -0.489. The second-order valence-electron chi connectivity index (χ2n) is 7.80. The molecule has 0 aliphatic carbocycles. The van der Waals surface area contributed by atoms with Gasteiger partial charge in [0.1, 0.15) is 12.7 Å².